The van der Waals surface area contributed by atoms with Crippen molar-refractivity contribution in [1.82, 2.24) is 4.90 Å². The first-order valence-electron chi connectivity index (χ1n) is 6.86. The zero-order chi connectivity index (χ0) is 13.7. The van der Waals surface area contributed by atoms with Gasteiger partial charge in [0.1, 0.15) is 0 Å². The van der Waals surface area contributed by atoms with Crippen LogP contribution < -0.4 is 4.90 Å². The number of hydrogen-bond donors (Lipinski definition) is 0. The molecule has 19 heavy (non-hydrogen) atoms. The Labute approximate surface area is 120 Å². The number of nitriles is 1. The van der Waals surface area contributed by atoms with Crippen molar-refractivity contribution in [1.29, 1.82) is 5.26 Å². The Kier molecular flexibility index (Phi) is 5.07. The summed E-state index contributed by atoms with van der Waals surface area (Å²) in [6, 6.07) is 10.7. The average molecular weight is 278 g/mol. The van der Waals surface area contributed by atoms with Gasteiger partial charge in [-0.1, -0.05) is 30.7 Å². The molecule has 1 unspecified atom stereocenters. The Morgan fingerprint density at radius 1 is 1.26 bits per heavy atom. The smallest absolute Gasteiger partial charge is 0.0639 e. The van der Waals surface area contributed by atoms with Gasteiger partial charge in [0.25, 0.3) is 0 Å². The summed E-state index contributed by atoms with van der Waals surface area (Å²) in [5.74, 6) is 0. The van der Waals surface area contributed by atoms with E-state index in [1.54, 1.807) is 0 Å². The van der Waals surface area contributed by atoms with E-state index >= 15 is 0 Å². The Morgan fingerprint density at radius 2 is 1.95 bits per heavy atom. The van der Waals surface area contributed by atoms with Gasteiger partial charge < -0.3 is 4.90 Å². The molecule has 3 nitrogen and oxygen atoms in total. The molecule has 0 amide bonds. The summed E-state index contributed by atoms with van der Waals surface area (Å²) in [6.45, 7) is 6.12. The maximum Gasteiger partial charge on any atom is 0.0639 e. The summed E-state index contributed by atoms with van der Waals surface area (Å²) in [6.07, 6.45) is 1.67. The zero-order valence-corrected chi connectivity index (χ0v) is 12.1. The highest BCUT2D eigenvalue weighted by Gasteiger charge is 2.23. The predicted octanol–water partition coefficient (Wildman–Crippen LogP) is 3.15. The van der Waals surface area contributed by atoms with Crippen LogP contribution >= 0.6 is 11.6 Å². The molecular formula is C15H20ClN3. The van der Waals surface area contributed by atoms with E-state index in [1.807, 2.05) is 18.2 Å². The van der Waals surface area contributed by atoms with Crippen molar-refractivity contribution in [2.45, 2.75) is 25.8 Å². The standard InChI is InChI=1S/C15H20ClN3/c1-2-13(7-8-17)18-9-11-19(12-10-18)15-6-4-3-5-14(15)16/h3-6,13H,2,7,9-12H2,1H3. The number of benzene rings is 1. The maximum absolute atomic E-state index is 8.86. The van der Waals surface area contributed by atoms with Crippen LogP contribution in [0.2, 0.25) is 5.02 Å². The van der Waals surface area contributed by atoms with E-state index in [0.29, 0.717) is 12.5 Å². The minimum Gasteiger partial charge on any atom is -0.368 e. The van der Waals surface area contributed by atoms with Crippen molar-refractivity contribution < 1.29 is 0 Å². The maximum atomic E-state index is 8.86. The van der Waals surface area contributed by atoms with Crippen molar-refractivity contribution in [3.63, 3.8) is 0 Å². The molecule has 1 aliphatic rings. The van der Waals surface area contributed by atoms with Gasteiger partial charge in [-0.15, -0.1) is 0 Å². The second kappa shape index (κ2) is 6.79. The summed E-state index contributed by atoms with van der Waals surface area (Å²) in [5, 5.41) is 9.68. The fourth-order valence-electron chi connectivity index (χ4n) is 2.67. The number of piperazine rings is 1. The molecule has 1 fully saturated rings. The van der Waals surface area contributed by atoms with Crippen LogP contribution in [0.15, 0.2) is 24.3 Å². The van der Waals surface area contributed by atoms with Gasteiger partial charge in [0.15, 0.2) is 0 Å². The third-order valence-electron chi connectivity index (χ3n) is 3.82. The largest absolute Gasteiger partial charge is 0.368 e. The molecule has 0 spiro atoms. The molecule has 1 heterocycles. The third-order valence-corrected chi connectivity index (χ3v) is 4.14. The lowest BCUT2D eigenvalue weighted by Gasteiger charge is -2.39. The first-order valence-corrected chi connectivity index (χ1v) is 7.24. The Balaban J connectivity index is 1.96. The Bertz CT molecular complexity index is 447. The van der Waals surface area contributed by atoms with E-state index in [2.05, 4.69) is 28.9 Å². The number of anilines is 1. The molecule has 0 aromatic heterocycles. The van der Waals surface area contributed by atoms with Gasteiger partial charge >= 0.3 is 0 Å². The SMILES string of the molecule is CCC(CC#N)N1CCN(c2ccccc2Cl)CC1. The topological polar surface area (TPSA) is 30.3 Å². The summed E-state index contributed by atoms with van der Waals surface area (Å²) in [5.41, 5.74) is 1.12. The summed E-state index contributed by atoms with van der Waals surface area (Å²) < 4.78 is 0. The van der Waals surface area contributed by atoms with Crippen molar-refractivity contribution >= 4 is 17.3 Å². The zero-order valence-electron chi connectivity index (χ0n) is 11.3. The highest BCUT2D eigenvalue weighted by molar-refractivity contribution is 6.33. The molecule has 1 aliphatic heterocycles. The van der Waals surface area contributed by atoms with Crippen molar-refractivity contribution in [2.75, 3.05) is 31.1 Å². The minimum atomic E-state index is 0.401. The fourth-order valence-corrected chi connectivity index (χ4v) is 2.93. The molecule has 1 atom stereocenters. The number of rotatable bonds is 4. The number of para-hydroxylation sites is 1. The van der Waals surface area contributed by atoms with Crippen LogP contribution in [0.1, 0.15) is 19.8 Å². The van der Waals surface area contributed by atoms with E-state index in [0.717, 1.165) is 43.3 Å². The van der Waals surface area contributed by atoms with E-state index in [1.165, 1.54) is 0 Å². The quantitative estimate of drug-likeness (QED) is 0.847. The number of nitrogens with zero attached hydrogens (tertiary/aromatic N) is 3. The van der Waals surface area contributed by atoms with Crippen molar-refractivity contribution in [2.24, 2.45) is 0 Å². The van der Waals surface area contributed by atoms with Gasteiger partial charge in [-0.25, -0.2) is 0 Å². The molecule has 4 heteroatoms. The predicted molar refractivity (Wildman–Crippen MR) is 79.5 cm³/mol. The first-order chi connectivity index (χ1) is 9.26. The van der Waals surface area contributed by atoms with Crippen LogP contribution in [0.4, 0.5) is 5.69 Å². The van der Waals surface area contributed by atoms with Crippen molar-refractivity contribution in [3.8, 4) is 6.07 Å². The lowest BCUT2D eigenvalue weighted by Crippen LogP contribution is -2.50. The Morgan fingerprint density at radius 3 is 2.53 bits per heavy atom. The van der Waals surface area contributed by atoms with Crippen LogP contribution in [0, 0.1) is 11.3 Å². The molecular weight excluding hydrogens is 258 g/mol. The van der Waals surface area contributed by atoms with Gasteiger partial charge in [0.05, 0.1) is 23.2 Å². The fraction of sp³-hybridized carbons (Fsp3) is 0.533. The molecule has 1 aromatic carbocycles. The van der Waals surface area contributed by atoms with Gasteiger partial charge in [0, 0.05) is 32.2 Å². The van der Waals surface area contributed by atoms with Gasteiger partial charge in [0.2, 0.25) is 0 Å². The van der Waals surface area contributed by atoms with Crippen LogP contribution in [-0.4, -0.2) is 37.1 Å². The second-order valence-corrected chi connectivity index (χ2v) is 5.31. The summed E-state index contributed by atoms with van der Waals surface area (Å²) >= 11 is 6.24. The van der Waals surface area contributed by atoms with Gasteiger partial charge in [-0.3, -0.25) is 4.90 Å². The average Bonchev–Trinajstić information content (AvgIpc) is 2.46. The molecule has 0 bridgehead atoms. The van der Waals surface area contributed by atoms with Crippen LogP contribution in [0.25, 0.3) is 0 Å². The lowest BCUT2D eigenvalue weighted by molar-refractivity contribution is 0.182. The van der Waals surface area contributed by atoms with E-state index in [9.17, 15) is 0 Å². The highest BCUT2D eigenvalue weighted by atomic mass is 35.5. The molecule has 0 aliphatic carbocycles. The molecule has 1 saturated heterocycles. The molecule has 0 radical (unpaired) electrons. The van der Waals surface area contributed by atoms with Gasteiger partial charge in [-0.05, 0) is 18.6 Å². The highest BCUT2D eigenvalue weighted by Crippen LogP contribution is 2.26. The van der Waals surface area contributed by atoms with E-state index < -0.39 is 0 Å². The van der Waals surface area contributed by atoms with Crippen LogP contribution in [0.3, 0.4) is 0 Å². The lowest BCUT2D eigenvalue weighted by atomic mass is 10.1. The first kappa shape index (κ1) is 14.2. The molecule has 1 aromatic rings. The molecule has 2 rings (SSSR count). The minimum absolute atomic E-state index is 0.401. The Hall–Kier alpha value is -1.24. The van der Waals surface area contributed by atoms with E-state index in [-0.39, 0.29) is 0 Å². The van der Waals surface area contributed by atoms with Gasteiger partial charge in [-0.2, -0.15) is 5.26 Å². The second-order valence-electron chi connectivity index (χ2n) is 4.90. The third kappa shape index (κ3) is 3.40. The van der Waals surface area contributed by atoms with Crippen LogP contribution in [-0.2, 0) is 0 Å². The summed E-state index contributed by atoms with van der Waals surface area (Å²) in [4.78, 5) is 4.76. The monoisotopic (exact) mass is 277 g/mol. The normalized spacial score (nSPS) is 18.1. The van der Waals surface area contributed by atoms with Crippen LogP contribution in [0.5, 0.6) is 0 Å². The summed E-state index contributed by atoms with van der Waals surface area (Å²) in [7, 11) is 0. The van der Waals surface area contributed by atoms with Crippen molar-refractivity contribution in [3.05, 3.63) is 29.3 Å². The van der Waals surface area contributed by atoms with E-state index in [4.69, 9.17) is 16.9 Å². The molecule has 102 valence electrons. The number of halogens is 1. The molecule has 0 N–H and O–H groups in total. The number of hydrogen-bond acceptors (Lipinski definition) is 3. The molecule has 0 saturated carbocycles.